The summed E-state index contributed by atoms with van der Waals surface area (Å²) in [4.78, 5) is 0. The summed E-state index contributed by atoms with van der Waals surface area (Å²) in [5.74, 6) is 0. The lowest BCUT2D eigenvalue weighted by Gasteiger charge is -1.82. The number of hydrogen-bond donors (Lipinski definition) is 0. The highest BCUT2D eigenvalue weighted by Crippen LogP contribution is 2.18. The van der Waals surface area contributed by atoms with Crippen molar-refractivity contribution in [3.63, 3.8) is 0 Å². The molecule has 0 amide bonds. The molecule has 0 radical (unpaired) electrons. The molecule has 60 valence electrons. The van der Waals surface area contributed by atoms with Crippen LogP contribution in [0, 0.1) is 11.3 Å². The predicted octanol–water partition coefficient (Wildman–Crippen LogP) is 3.43. The number of fused-ring (bicyclic) bond motifs is 1. The van der Waals surface area contributed by atoms with Gasteiger partial charge in [0.25, 0.3) is 0 Å². The largest absolute Gasteiger partial charge is 0.199 e. The molecule has 0 atom stereocenters. The Morgan fingerprint density at radius 2 is 1.92 bits per heavy atom. The first-order valence-corrected chi connectivity index (χ1v) is 4.49. The molecule has 1 heterocycles. The van der Waals surface area contributed by atoms with E-state index in [1.54, 1.807) is 17.4 Å². The third-order valence-corrected chi connectivity index (χ3v) is 2.26. The van der Waals surface area contributed by atoms with Crippen LogP contribution in [0.2, 0.25) is 0 Å². The maximum atomic E-state index is 7.32. The van der Waals surface area contributed by atoms with E-state index in [1.807, 2.05) is 0 Å². The van der Waals surface area contributed by atoms with Gasteiger partial charge in [-0.25, -0.2) is 0 Å². The summed E-state index contributed by atoms with van der Waals surface area (Å²) < 4.78 is 1.37. The average molecular weight is 175 g/mol. The van der Waals surface area contributed by atoms with Crippen molar-refractivity contribution in [1.29, 1.82) is 5.26 Å². The number of nitrogens with zero attached hydrogens (tertiary/aromatic N) is 1. The van der Waals surface area contributed by atoms with Crippen molar-refractivity contribution >= 4 is 21.4 Å². The minimum absolute atomic E-state index is 1.35. The van der Waals surface area contributed by atoms with Crippen LogP contribution in [0.15, 0.2) is 35.7 Å². The number of benzene rings is 1. The SMILES string of the molecule is CC#N.c1ccc2sccc2c1. The van der Waals surface area contributed by atoms with Gasteiger partial charge in [0.05, 0.1) is 6.07 Å². The lowest BCUT2D eigenvalue weighted by molar-refractivity contribution is 1.49. The molecule has 2 rings (SSSR count). The minimum Gasteiger partial charge on any atom is -0.199 e. The van der Waals surface area contributed by atoms with E-state index in [2.05, 4.69) is 35.7 Å². The minimum atomic E-state index is 1.35. The maximum absolute atomic E-state index is 7.32. The van der Waals surface area contributed by atoms with Crippen LogP contribution in [-0.4, -0.2) is 0 Å². The molecule has 0 unspecified atom stereocenters. The maximum Gasteiger partial charge on any atom is 0.0587 e. The molecule has 0 aliphatic rings. The van der Waals surface area contributed by atoms with Crippen molar-refractivity contribution in [2.24, 2.45) is 0 Å². The van der Waals surface area contributed by atoms with Gasteiger partial charge >= 0.3 is 0 Å². The van der Waals surface area contributed by atoms with Crippen LogP contribution >= 0.6 is 11.3 Å². The fourth-order valence-corrected chi connectivity index (χ4v) is 1.70. The van der Waals surface area contributed by atoms with E-state index in [0.29, 0.717) is 0 Å². The van der Waals surface area contributed by atoms with Crippen LogP contribution in [0.5, 0.6) is 0 Å². The second-order valence-electron chi connectivity index (χ2n) is 2.18. The summed E-state index contributed by atoms with van der Waals surface area (Å²) in [6, 6.07) is 12.3. The van der Waals surface area contributed by atoms with Gasteiger partial charge in [0.2, 0.25) is 0 Å². The Hall–Kier alpha value is -1.33. The van der Waals surface area contributed by atoms with Crippen molar-refractivity contribution in [3.05, 3.63) is 35.7 Å². The predicted molar refractivity (Wildman–Crippen MR) is 53.1 cm³/mol. The van der Waals surface area contributed by atoms with Crippen LogP contribution in [0.4, 0.5) is 0 Å². The molecule has 0 fully saturated rings. The third-order valence-electron chi connectivity index (χ3n) is 1.36. The highest BCUT2D eigenvalue weighted by atomic mass is 32.1. The van der Waals surface area contributed by atoms with Crippen molar-refractivity contribution < 1.29 is 0 Å². The first kappa shape index (κ1) is 8.76. The molecule has 0 spiro atoms. The van der Waals surface area contributed by atoms with Gasteiger partial charge in [-0.05, 0) is 22.9 Å². The molecule has 0 N–H and O–H groups in total. The van der Waals surface area contributed by atoms with Crippen molar-refractivity contribution in [1.82, 2.24) is 0 Å². The summed E-state index contributed by atoms with van der Waals surface area (Å²) in [6.07, 6.45) is 0. The van der Waals surface area contributed by atoms with Crippen LogP contribution < -0.4 is 0 Å². The third kappa shape index (κ3) is 2.08. The van der Waals surface area contributed by atoms with Crippen molar-refractivity contribution in [2.75, 3.05) is 0 Å². The topological polar surface area (TPSA) is 23.8 Å². The Morgan fingerprint density at radius 1 is 1.25 bits per heavy atom. The summed E-state index contributed by atoms with van der Waals surface area (Å²) in [6.45, 7) is 1.43. The number of nitriles is 1. The zero-order valence-electron chi connectivity index (χ0n) is 6.82. The molecule has 12 heavy (non-hydrogen) atoms. The highest BCUT2D eigenvalue weighted by molar-refractivity contribution is 7.17. The molecule has 1 aromatic heterocycles. The van der Waals surface area contributed by atoms with Crippen molar-refractivity contribution in [3.8, 4) is 6.07 Å². The molecular formula is C10H9NS. The van der Waals surface area contributed by atoms with Crippen LogP contribution in [-0.2, 0) is 0 Å². The zero-order chi connectivity index (χ0) is 8.81. The summed E-state index contributed by atoms with van der Waals surface area (Å²) >= 11 is 1.79. The van der Waals surface area contributed by atoms with Gasteiger partial charge in [-0.1, -0.05) is 18.2 Å². The Bertz CT molecular complexity index is 354. The van der Waals surface area contributed by atoms with Crippen LogP contribution in [0.1, 0.15) is 6.92 Å². The first-order valence-electron chi connectivity index (χ1n) is 3.61. The van der Waals surface area contributed by atoms with E-state index in [1.165, 1.54) is 17.0 Å². The van der Waals surface area contributed by atoms with Gasteiger partial charge in [-0.15, -0.1) is 11.3 Å². The van der Waals surface area contributed by atoms with Gasteiger partial charge in [0.15, 0.2) is 0 Å². The molecule has 2 heteroatoms. The Balaban J connectivity index is 0.000000213. The van der Waals surface area contributed by atoms with Gasteiger partial charge < -0.3 is 0 Å². The van der Waals surface area contributed by atoms with Crippen LogP contribution in [0.3, 0.4) is 0 Å². The lowest BCUT2D eigenvalue weighted by atomic mass is 10.3. The van der Waals surface area contributed by atoms with Crippen molar-refractivity contribution in [2.45, 2.75) is 6.92 Å². The Kier molecular flexibility index (Phi) is 3.31. The van der Waals surface area contributed by atoms with E-state index in [-0.39, 0.29) is 0 Å². The smallest absolute Gasteiger partial charge is 0.0587 e. The molecule has 2 aromatic rings. The lowest BCUT2D eigenvalue weighted by Crippen LogP contribution is -1.56. The second-order valence-corrected chi connectivity index (χ2v) is 3.13. The van der Waals surface area contributed by atoms with Gasteiger partial charge in [-0.3, -0.25) is 0 Å². The van der Waals surface area contributed by atoms with Crippen LogP contribution in [0.25, 0.3) is 10.1 Å². The molecule has 0 saturated carbocycles. The summed E-state index contributed by atoms with van der Waals surface area (Å²) in [5.41, 5.74) is 0. The normalized spacial score (nSPS) is 8.33. The Morgan fingerprint density at radius 3 is 2.58 bits per heavy atom. The number of hydrogen-bond acceptors (Lipinski definition) is 2. The molecule has 0 saturated heterocycles. The molecule has 1 nitrogen and oxygen atoms in total. The monoisotopic (exact) mass is 175 g/mol. The van der Waals surface area contributed by atoms with Gasteiger partial charge in [0, 0.05) is 11.6 Å². The van der Waals surface area contributed by atoms with E-state index >= 15 is 0 Å². The zero-order valence-corrected chi connectivity index (χ0v) is 7.64. The highest BCUT2D eigenvalue weighted by Gasteiger charge is 1.87. The van der Waals surface area contributed by atoms with E-state index in [9.17, 15) is 0 Å². The number of thiophene rings is 1. The molecule has 1 aromatic carbocycles. The van der Waals surface area contributed by atoms with Gasteiger partial charge in [0.1, 0.15) is 0 Å². The van der Waals surface area contributed by atoms with E-state index in [4.69, 9.17) is 5.26 Å². The number of rotatable bonds is 0. The fraction of sp³-hybridized carbons (Fsp3) is 0.100. The molecule has 0 aliphatic heterocycles. The quantitative estimate of drug-likeness (QED) is 0.601. The van der Waals surface area contributed by atoms with E-state index in [0.717, 1.165) is 0 Å². The second kappa shape index (κ2) is 4.53. The first-order chi connectivity index (χ1) is 5.88. The molecule has 0 aliphatic carbocycles. The summed E-state index contributed by atoms with van der Waals surface area (Å²) in [7, 11) is 0. The summed E-state index contributed by atoms with van der Waals surface area (Å²) in [5, 5.41) is 10.8. The average Bonchev–Trinajstić information content (AvgIpc) is 2.52. The standard InChI is InChI=1S/C8H6S.C2H3N/c1-2-4-8-7(3-1)5-6-9-8;1-2-3/h1-6H;1H3. The molecule has 0 bridgehead atoms. The molecular weight excluding hydrogens is 166 g/mol. The van der Waals surface area contributed by atoms with Gasteiger partial charge in [-0.2, -0.15) is 5.26 Å². The Labute approximate surface area is 75.9 Å². The fourth-order valence-electron chi connectivity index (χ4n) is 0.906. The van der Waals surface area contributed by atoms with E-state index < -0.39 is 0 Å².